The van der Waals surface area contributed by atoms with Crippen molar-refractivity contribution in [3.05, 3.63) is 59.4 Å². The van der Waals surface area contributed by atoms with E-state index in [0.717, 1.165) is 55.8 Å². The summed E-state index contributed by atoms with van der Waals surface area (Å²) < 4.78 is 5.84. The lowest BCUT2D eigenvalue weighted by molar-refractivity contribution is -0.139. The summed E-state index contributed by atoms with van der Waals surface area (Å²) in [5.74, 6) is 1.15. The van der Waals surface area contributed by atoms with Gasteiger partial charge in [0.2, 0.25) is 0 Å². The van der Waals surface area contributed by atoms with Crippen LogP contribution in [0.1, 0.15) is 66.6 Å². The van der Waals surface area contributed by atoms with E-state index in [4.69, 9.17) is 4.74 Å². The molecule has 2 amide bonds. The number of hydrogen-bond donors (Lipinski definition) is 0. The van der Waals surface area contributed by atoms with Gasteiger partial charge in [0.05, 0.1) is 5.56 Å². The average molecular weight is 436 g/mol. The zero-order valence-corrected chi connectivity index (χ0v) is 19.1. The zero-order chi connectivity index (χ0) is 22.5. The van der Waals surface area contributed by atoms with Crippen molar-refractivity contribution in [1.82, 2.24) is 14.8 Å². The molecule has 0 saturated carbocycles. The Balaban J connectivity index is 1.28. The predicted molar refractivity (Wildman–Crippen MR) is 124 cm³/mol. The summed E-state index contributed by atoms with van der Waals surface area (Å²) in [5.41, 5.74) is 2.84. The van der Waals surface area contributed by atoms with E-state index in [1.54, 1.807) is 6.20 Å². The molecule has 0 radical (unpaired) electrons. The van der Waals surface area contributed by atoms with Crippen LogP contribution in [0.5, 0.6) is 5.75 Å². The highest BCUT2D eigenvalue weighted by Crippen LogP contribution is 2.27. The smallest absolute Gasteiger partial charge is 0.263 e. The molecular weight excluding hydrogens is 402 g/mol. The van der Waals surface area contributed by atoms with Crippen molar-refractivity contribution < 1.29 is 14.3 Å². The third kappa shape index (κ3) is 5.29. The molecule has 1 aromatic carbocycles. The number of piperidine rings is 2. The molecule has 4 rings (SSSR count). The Hall–Kier alpha value is -2.89. The third-order valence-corrected chi connectivity index (χ3v) is 6.58. The van der Waals surface area contributed by atoms with Crippen LogP contribution in [0.25, 0.3) is 0 Å². The van der Waals surface area contributed by atoms with E-state index in [0.29, 0.717) is 24.6 Å². The molecule has 6 nitrogen and oxygen atoms in total. The number of ether oxygens (including phenoxy) is 1. The minimum absolute atomic E-state index is 0.0273. The molecule has 0 unspecified atom stereocenters. The maximum absolute atomic E-state index is 12.8. The fourth-order valence-electron chi connectivity index (χ4n) is 4.58. The Morgan fingerprint density at radius 2 is 1.62 bits per heavy atom. The summed E-state index contributed by atoms with van der Waals surface area (Å²) >= 11 is 0. The number of amides is 2. The van der Waals surface area contributed by atoms with Gasteiger partial charge < -0.3 is 14.5 Å². The number of nitrogens with zero attached hydrogens (tertiary/aromatic N) is 3. The minimum Gasteiger partial charge on any atom is -0.481 e. The topological polar surface area (TPSA) is 62.7 Å². The predicted octanol–water partition coefficient (Wildman–Crippen LogP) is 4.19. The number of pyridine rings is 1. The van der Waals surface area contributed by atoms with Gasteiger partial charge in [-0.15, -0.1) is 0 Å². The van der Waals surface area contributed by atoms with Crippen molar-refractivity contribution in [1.29, 1.82) is 0 Å². The summed E-state index contributed by atoms with van der Waals surface area (Å²) in [4.78, 5) is 33.9. The van der Waals surface area contributed by atoms with E-state index in [9.17, 15) is 9.59 Å². The van der Waals surface area contributed by atoms with Crippen LogP contribution in [0.2, 0.25) is 0 Å². The third-order valence-electron chi connectivity index (χ3n) is 6.58. The molecule has 3 heterocycles. The van der Waals surface area contributed by atoms with E-state index in [2.05, 4.69) is 4.98 Å². The minimum atomic E-state index is -0.507. The van der Waals surface area contributed by atoms with Gasteiger partial charge >= 0.3 is 0 Å². The summed E-state index contributed by atoms with van der Waals surface area (Å²) in [5, 5.41) is 0. The first-order valence-corrected chi connectivity index (χ1v) is 11.8. The van der Waals surface area contributed by atoms with E-state index in [1.165, 1.54) is 6.42 Å². The summed E-state index contributed by atoms with van der Waals surface area (Å²) in [6.45, 7) is 6.92. The second-order valence-electron chi connectivity index (χ2n) is 9.00. The Kier molecular flexibility index (Phi) is 7.08. The molecule has 2 saturated heterocycles. The first kappa shape index (κ1) is 22.3. The van der Waals surface area contributed by atoms with Gasteiger partial charge in [-0.2, -0.15) is 0 Å². The molecular formula is C26H33N3O3. The quantitative estimate of drug-likeness (QED) is 0.707. The Labute approximate surface area is 190 Å². The molecule has 2 fully saturated rings. The summed E-state index contributed by atoms with van der Waals surface area (Å²) in [6.07, 6.45) is 6.34. The van der Waals surface area contributed by atoms with E-state index in [1.807, 2.05) is 60.0 Å². The van der Waals surface area contributed by atoms with Crippen LogP contribution < -0.4 is 4.74 Å². The molecule has 2 aromatic rings. The first-order valence-electron chi connectivity index (χ1n) is 11.8. The fraction of sp³-hybridized carbons (Fsp3) is 0.500. The Bertz CT molecular complexity index is 912. The van der Waals surface area contributed by atoms with Gasteiger partial charge in [-0.3, -0.25) is 14.6 Å². The highest BCUT2D eigenvalue weighted by molar-refractivity contribution is 5.94. The Morgan fingerprint density at radius 3 is 2.25 bits per heavy atom. The van der Waals surface area contributed by atoms with Crippen molar-refractivity contribution in [3.63, 3.8) is 0 Å². The van der Waals surface area contributed by atoms with Gasteiger partial charge in [-0.05, 0) is 70.2 Å². The number of rotatable bonds is 5. The van der Waals surface area contributed by atoms with Gasteiger partial charge in [-0.25, -0.2) is 0 Å². The molecule has 0 bridgehead atoms. The number of aromatic nitrogens is 1. The standard InChI is InChI=1S/C26H33N3O3/c1-19-6-9-23(10-7-19)32-20(2)25(30)29-16-12-21(13-17-29)24-11-8-22(18-27-24)26(31)28-14-4-3-5-15-28/h6-11,18,20-21H,3-5,12-17H2,1-2H3/t20-/m1/s1. The van der Waals surface area contributed by atoms with Gasteiger partial charge in [0.15, 0.2) is 6.10 Å². The maximum Gasteiger partial charge on any atom is 0.263 e. The second-order valence-corrected chi connectivity index (χ2v) is 9.00. The lowest BCUT2D eigenvalue weighted by Crippen LogP contribution is -2.44. The van der Waals surface area contributed by atoms with Crippen LogP contribution in [-0.2, 0) is 4.79 Å². The van der Waals surface area contributed by atoms with Crippen LogP contribution in [0.4, 0.5) is 0 Å². The van der Waals surface area contributed by atoms with Crippen LogP contribution in [0.3, 0.4) is 0 Å². The second kappa shape index (κ2) is 10.2. The van der Waals surface area contributed by atoms with Crippen molar-refractivity contribution in [2.45, 2.75) is 58.0 Å². The molecule has 0 N–H and O–H groups in total. The SMILES string of the molecule is Cc1ccc(O[C@H](C)C(=O)N2CCC(c3ccc(C(=O)N4CCCCC4)cn3)CC2)cc1. The van der Waals surface area contributed by atoms with Gasteiger partial charge in [0.25, 0.3) is 11.8 Å². The van der Waals surface area contributed by atoms with Crippen LogP contribution in [0.15, 0.2) is 42.6 Å². The summed E-state index contributed by atoms with van der Waals surface area (Å²) in [7, 11) is 0. The van der Waals surface area contributed by atoms with Crippen molar-refractivity contribution in [2.75, 3.05) is 26.2 Å². The normalized spacial score (nSPS) is 18.3. The molecule has 32 heavy (non-hydrogen) atoms. The van der Waals surface area contributed by atoms with Gasteiger partial charge in [0, 0.05) is 44.0 Å². The van der Waals surface area contributed by atoms with Crippen molar-refractivity contribution in [3.8, 4) is 5.75 Å². The fourth-order valence-corrected chi connectivity index (χ4v) is 4.58. The van der Waals surface area contributed by atoms with E-state index < -0.39 is 6.10 Å². The number of carbonyl (C=O) groups excluding carboxylic acids is 2. The highest BCUT2D eigenvalue weighted by atomic mass is 16.5. The number of aryl methyl sites for hydroxylation is 1. The molecule has 170 valence electrons. The van der Waals surface area contributed by atoms with E-state index >= 15 is 0 Å². The lowest BCUT2D eigenvalue weighted by atomic mass is 9.92. The van der Waals surface area contributed by atoms with Crippen molar-refractivity contribution in [2.24, 2.45) is 0 Å². The maximum atomic E-state index is 12.8. The molecule has 6 heteroatoms. The molecule has 1 atom stereocenters. The van der Waals surface area contributed by atoms with E-state index in [-0.39, 0.29) is 11.8 Å². The number of likely N-dealkylation sites (tertiary alicyclic amines) is 2. The molecule has 2 aliphatic heterocycles. The molecule has 0 spiro atoms. The Morgan fingerprint density at radius 1 is 0.938 bits per heavy atom. The van der Waals surface area contributed by atoms with Crippen LogP contribution in [0, 0.1) is 6.92 Å². The molecule has 1 aromatic heterocycles. The lowest BCUT2D eigenvalue weighted by Gasteiger charge is -2.33. The zero-order valence-electron chi connectivity index (χ0n) is 19.1. The van der Waals surface area contributed by atoms with Gasteiger partial charge in [-0.1, -0.05) is 17.7 Å². The highest BCUT2D eigenvalue weighted by Gasteiger charge is 2.28. The van der Waals surface area contributed by atoms with Gasteiger partial charge in [0.1, 0.15) is 5.75 Å². The average Bonchev–Trinajstić information content (AvgIpc) is 2.85. The van der Waals surface area contributed by atoms with Crippen molar-refractivity contribution >= 4 is 11.8 Å². The molecule has 0 aliphatic carbocycles. The summed E-state index contributed by atoms with van der Waals surface area (Å²) in [6, 6.07) is 11.7. The first-order chi connectivity index (χ1) is 15.5. The number of carbonyl (C=O) groups is 2. The molecule has 2 aliphatic rings. The van der Waals surface area contributed by atoms with Crippen LogP contribution in [-0.4, -0.2) is 58.9 Å². The number of hydrogen-bond acceptors (Lipinski definition) is 4. The monoisotopic (exact) mass is 435 g/mol. The largest absolute Gasteiger partial charge is 0.481 e. The number of benzene rings is 1. The van der Waals surface area contributed by atoms with Crippen LogP contribution >= 0.6 is 0 Å².